The minimum Gasteiger partial charge on any atom is -0.456 e. The summed E-state index contributed by atoms with van der Waals surface area (Å²) in [5.41, 5.74) is 13.0. The summed E-state index contributed by atoms with van der Waals surface area (Å²) in [6.07, 6.45) is 0. The maximum atomic E-state index is 6.38. The second kappa shape index (κ2) is 8.81. The quantitative estimate of drug-likeness (QED) is 0.186. The largest absolute Gasteiger partial charge is 0.456 e. The molecule has 1 aliphatic heterocycles. The first-order valence-corrected chi connectivity index (χ1v) is 16.6. The van der Waals surface area contributed by atoms with E-state index in [4.69, 9.17) is 4.42 Å². The highest BCUT2D eigenvalue weighted by Gasteiger charge is 2.50. The Balaban J connectivity index is 1.28. The number of rotatable bonds is 1. The van der Waals surface area contributed by atoms with E-state index in [2.05, 4.69) is 144 Å². The maximum absolute atomic E-state index is 6.38. The number of benzene rings is 7. The molecule has 1 aliphatic carbocycles. The van der Waals surface area contributed by atoms with Crippen LogP contribution in [0.5, 0.6) is 0 Å². The van der Waals surface area contributed by atoms with Crippen molar-refractivity contribution in [3.63, 3.8) is 0 Å². The second-order valence-corrected chi connectivity index (χ2v) is 13.5. The molecule has 9 aromatic rings. The number of para-hydroxylation sites is 2. The van der Waals surface area contributed by atoms with Crippen LogP contribution in [0.25, 0.3) is 60.6 Å². The van der Waals surface area contributed by atoms with E-state index in [0.29, 0.717) is 0 Å². The minimum atomic E-state index is -0.414. The van der Waals surface area contributed by atoms with Gasteiger partial charge in [0.25, 0.3) is 0 Å². The Bertz CT molecular complexity index is 2700. The van der Waals surface area contributed by atoms with Gasteiger partial charge in [-0.2, -0.15) is 0 Å². The molecule has 46 heavy (non-hydrogen) atoms. The van der Waals surface area contributed by atoms with Gasteiger partial charge < -0.3 is 8.98 Å². The van der Waals surface area contributed by atoms with Gasteiger partial charge in [-0.25, -0.2) is 0 Å². The fraction of sp³-hybridized carbons (Fsp3) is 0.0233. The molecule has 7 aromatic carbocycles. The highest BCUT2D eigenvalue weighted by Crippen LogP contribution is 2.62. The number of fused-ring (bicyclic) bond motifs is 15. The summed E-state index contributed by atoms with van der Waals surface area (Å²) in [6, 6.07) is 55.8. The van der Waals surface area contributed by atoms with Crippen molar-refractivity contribution in [3.8, 4) is 16.8 Å². The van der Waals surface area contributed by atoms with Crippen LogP contribution in [0.2, 0.25) is 0 Å². The Labute approximate surface area is 269 Å². The lowest BCUT2D eigenvalue weighted by Gasteiger charge is -2.39. The predicted octanol–water partition coefficient (Wildman–Crippen LogP) is 11.5. The van der Waals surface area contributed by atoms with Gasteiger partial charge in [-0.1, -0.05) is 115 Å². The van der Waals surface area contributed by atoms with E-state index < -0.39 is 5.41 Å². The second-order valence-electron chi connectivity index (χ2n) is 12.4. The third-order valence-corrected chi connectivity index (χ3v) is 11.4. The summed E-state index contributed by atoms with van der Waals surface area (Å²) in [7, 11) is 0. The standard InChI is InChI=1S/C43H25NOS/c1-5-15-33-27(11-1)28-12-2-6-16-34(28)43(33)35-17-7-10-20-41(35)46-42-24-32-29-13-3-8-18-37(29)44(38(32)25-36(42)43)26-21-22-31-30-14-4-9-19-39(30)45-40(31)23-26/h1-25H. The average molecular weight is 604 g/mol. The van der Waals surface area contributed by atoms with Crippen LogP contribution in [0.15, 0.2) is 166 Å². The summed E-state index contributed by atoms with van der Waals surface area (Å²) in [6.45, 7) is 0. The van der Waals surface area contributed by atoms with E-state index in [9.17, 15) is 0 Å². The number of hydrogen-bond acceptors (Lipinski definition) is 2. The van der Waals surface area contributed by atoms with Gasteiger partial charge in [0.1, 0.15) is 11.2 Å². The van der Waals surface area contributed by atoms with Crippen LogP contribution in [0.3, 0.4) is 0 Å². The summed E-state index contributed by atoms with van der Waals surface area (Å²) in [5.74, 6) is 0. The summed E-state index contributed by atoms with van der Waals surface area (Å²) in [5, 5.41) is 4.81. The van der Waals surface area contributed by atoms with E-state index in [0.717, 1.165) is 27.6 Å². The van der Waals surface area contributed by atoms with E-state index >= 15 is 0 Å². The molecule has 214 valence electrons. The summed E-state index contributed by atoms with van der Waals surface area (Å²) in [4.78, 5) is 2.63. The van der Waals surface area contributed by atoms with Crippen molar-refractivity contribution in [2.24, 2.45) is 0 Å². The molecule has 0 amide bonds. The first-order chi connectivity index (χ1) is 22.8. The molecule has 0 unspecified atom stereocenters. The molecule has 2 aromatic heterocycles. The molecule has 2 aliphatic rings. The Morgan fingerprint density at radius 1 is 0.435 bits per heavy atom. The summed E-state index contributed by atoms with van der Waals surface area (Å²) >= 11 is 1.90. The maximum Gasteiger partial charge on any atom is 0.137 e. The Kier molecular flexibility index (Phi) is 4.74. The first kappa shape index (κ1) is 24.8. The Morgan fingerprint density at radius 2 is 1.09 bits per heavy atom. The van der Waals surface area contributed by atoms with Gasteiger partial charge in [0.15, 0.2) is 0 Å². The SMILES string of the molecule is c1ccc2c(c1)Sc1cc3c4ccccc4n(-c4ccc5c(c4)oc4ccccc45)c3cc1C21c2ccccc2-c2ccccc21. The molecule has 2 nitrogen and oxygen atoms in total. The minimum absolute atomic E-state index is 0.414. The third-order valence-electron chi connectivity index (χ3n) is 10.3. The molecule has 1 spiro atoms. The van der Waals surface area contributed by atoms with Crippen LogP contribution in [0.4, 0.5) is 0 Å². The van der Waals surface area contributed by atoms with Gasteiger partial charge in [0.05, 0.1) is 16.4 Å². The highest BCUT2D eigenvalue weighted by atomic mass is 32.2. The number of aromatic nitrogens is 1. The molecular weight excluding hydrogens is 579 g/mol. The van der Waals surface area contributed by atoms with Crippen LogP contribution >= 0.6 is 11.8 Å². The topological polar surface area (TPSA) is 18.1 Å². The average Bonchev–Trinajstić information content (AvgIpc) is 3.74. The fourth-order valence-corrected chi connectivity index (χ4v) is 9.66. The van der Waals surface area contributed by atoms with Gasteiger partial charge in [0.2, 0.25) is 0 Å². The number of furan rings is 1. The van der Waals surface area contributed by atoms with Crippen LogP contribution in [0.1, 0.15) is 22.3 Å². The molecule has 11 rings (SSSR count). The van der Waals surface area contributed by atoms with Crippen LogP contribution in [-0.2, 0) is 5.41 Å². The zero-order valence-corrected chi connectivity index (χ0v) is 25.5. The zero-order chi connectivity index (χ0) is 30.0. The molecule has 0 radical (unpaired) electrons. The fourth-order valence-electron chi connectivity index (χ4n) is 8.45. The Hall–Kier alpha value is -5.51. The predicted molar refractivity (Wildman–Crippen MR) is 189 cm³/mol. The van der Waals surface area contributed by atoms with Crippen molar-refractivity contribution in [2.75, 3.05) is 0 Å². The lowest BCUT2D eigenvalue weighted by molar-refractivity contribution is 0.668. The summed E-state index contributed by atoms with van der Waals surface area (Å²) < 4.78 is 8.82. The normalized spacial score (nSPS) is 14.2. The molecule has 0 fully saturated rings. The number of nitrogens with zero attached hydrogens (tertiary/aromatic N) is 1. The van der Waals surface area contributed by atoms with Crippen LogP contribution in [-0.4, -0.2) is 4.57 Å². The molecule has 0 N–H and O–H groups in total. The highest BCUT2D eigenvalue weighted by molar-refractivity contribution is 7.99. The first-order valence-electron chi connectivity index (χ1n) is 15.8. The van der Waals surface area contributed by atoms with Crippen molar-refractivity contribution < 1.29 is 4.42 Å². The molecule has 0 saturated heterocycles. The molecule has 3 heterocycles. The monoisotopic (exact) mass is 603 g/mol. The van der Waals surface area contributed by atoms with Crippen LogP contribution in [0, 0.1) is 0 Å². The molecule has 0 saturated carbocycles. The van der Waals surface area contributed by atoms with Crippen molar-refractivity contribution >= 4 is 55.5 Å². The van der Waals surface area contributed by atoms with Gasteiger partial charge in [-0.05, 0) is 75.8 Å². The molecule has 3 heteroatoms. The van der Waals surface area contributed by atoms with Crippen molar-refractivity contribution in [1.82, 2.24) is 4.57 Å². The van der Waals surface area contributed by atoms with E-state index in [1.807, 2.05) is 23.9 Å². The van der Waals surface area contributed by atoms with Crippen LogP contribution < -0.4 is 0 Å². The lowest BCUT2D eigenvalue weighted by Crippen LogP contribution is -2.32. The van der Waals surface area contributed by atoms with Gasteiger partial charge in [-0.3, -0.25) is 0 Å². The van der Waals surface area contributed by atoms with Gasteiger partial charge in [-0.15, -0.1) is 0 Å². The van der Waals surface area contributed by atoms with E-state index in [-0.39, 0.29) is 0 Å². The van der Waals surface area contributed by atoms with E-state index in [1.54, 1.807) is 0 Å². The molecule has 0 bridgehead atoms. The van der Waals surface area contributed by atoms with Crippen molar-refractivity contribution in [3.05, 3.63) is 174 Å². The van der Waals surface area contributed by atoms with E-state index in [1.165, 1.54) is 65.0 Å². The Morgan fingerprint density at radius 3 is 1.91 bits per heavy atom. The lowest BCUT2D eigenvalue weighted by atomic mass is 9.67. The molecule has 0 atom stereocenters. The zero-order valence-electron chi connectivity index (χ0n) is 24.7. The molecular formula is C43H25NOS. The third kappa shape index (κ3) is 2.99. The van der Waals surface area contributed by atoms with Crippen molar-refractivity contribution in [1.29, 1.82) is 0 Å². The number of hydrogen-bond donors (Lipinski definition) is 0. The van der Waals surface area contributed by atoms with Gasteiger partial charge >= 0.3 is 0 Å². The van der Waals surface area contributed by atoms with Crippen molar-refractivity contribution in [2.45, 2.75) is 15.2 Å². The smallest absolute Gasteiger partial charge is 0.137 e. The van der Waals surface area contributed by atoms with Gasteiger partial charge in [0, 0.05) is 43.1 Å².